The Labute approximate surface area is 172 Å². The molecule has 0 amide bonds. The summed E-state index contributed by atoms with van der Waals surface area (Å²) in [6.07, 6.45) is 1.83. The molecule has 3 heterocycles. The van der Waals surface area contributed by atoms with Gasteiger partial charge in [0.25, 0.3) is 5.56 Å². The first-order valence-electron chi connectivity index (χ1n) is 10.2. The Bertz CT molecular complexity index is 1270. The molecule has 1 fully saturated rings. The van der Waals surface area contributed by atoms with Crippen LogP contribution in [0.5, 0.6) is 5.88 Å². The van der Waals surface area contributed by atoms with Crippen LogP contribution in [0.1, 0.15) is 24.5 Å². The third-order valence-corrected chi connectivity index (χ3v) is 6.08. The summed E-state index contributed by atoms with van der Waals surface area (Å²) in [5.74, 6) is -0.0359. The Morgan fingerprint density at radius 2 is 1.87 bits per heavy atom. The largest absolute Gasteiger partial charge is 0.494 e. The first kappa shape index (κ1) is 18.8. The second-order valence-corrected chi connectivity index (χ2v) is 7.87. The van der Waals surface area contributed by atoms with Crippen molar-refractivity contribution in [2.75, 3.05) is 19.6 Å². The molecule has 1 aliphatic heterocycles. The van der Waals surface area contributed by atoms with Crippen molar-refractivity contribution in [1.29, 1.82) is 0 Å². The predicted molar refractivity (Wildman–Crippen MR) is 112 cm³/mol. The van der Waals surface area contributed by atoms with E-state index >= 15 is 0 Å². The molecule has 0 unspecified atom stereocenters. The number of aromatic hydroxyl groups is 1. The van der Waals surface area contributed by atoms with Crippen molar-refractivity contribution in [2.24, 2.45) is 0 Å². The van der Waals surface area contributed by atoms with Crippen LogP contribution in [0.2, 0.25) is 0 Å². The molecule has 2 aromatic carbocycles. The summed E-state index contributed by atoms with van der Waals surface area (Å²) in [5.41, 5.74) is 1.19. The van der Waals surface area contributed by atoms with Crippen molar-refractivity contribution in [3.05, 3.63) is 70.4 Å². The fraction of sp³-hybridized carbons (Fsp3) is 0.304. The van der Waals surface area contributed by atoms with Gasteiger partial charge in [0.1, 0.15) is 5.82 Å². The predicted octanol–water partition coefficient (Wildman–Crippen LogP) is 3.87. The van der Waals surface area contributed by atoms with Gasteiger partial charge in [0.05, 0.1) is 5.69 Å². The zero-order chi connectivity index (χ0) is 20.7. The van der Waals surface area contributed by atoms with Crippen molar-refractivity contribution in [3.8, 4) is 5.88 Å². The van der Waals surface area contributed by atoms with Crippen LogP contribution < -0.4 is 5.56 Å². The summed E-state index contributed by atoms with van der Waals surface area (Å²) in [7, 11) is 0. The number of halogens is 1. The molecule has 4 aromatic rings. The molecule has 1 aliphatic rings. The number of rotatable bonds is 4. The third-order valence-electron chi connectivity index (χ3n) is 6.08. The highest BCUT2D eigenvalue weighted by Crippen LogP contribution is 2.32. The van der Waals surface area contributed by atoms with Gasteiger partial charge in [-0.1, -0.05) is 23.4 Å². The van der Waals surface area contributed by atoms with E-state index in [1.54, 1.807) is 12.1 Å². The Morgan fingerprint density at radius 3 is 2.70 bits per heavy atom. The van der Waals surface area contributed by atoms with Crippen LogP contribution in [0.3, 0.4) is 0 Å². The van der Waals surface area contributed by atoms with Crippen LogP contribution in [-0.4, -0.2) is 39.4 Å². The number of likely N-dealkylation sites (tertiary alicyclic amines) is 1. The Balaban J connectivity index is 1.26. The summed E-state index contributed by atoms with van der Waals surface area (Å²) in [6.45, 7) is 2.85. The molecule has 5 rings (SSSR count). The van der Waals surface area contributed by atoms with E-state index < -0.39 is 0 Å². The second-order valence-electron chi connectivity index (χ2n) is 7.87. The molecule has 0 atom stereocenters. The van der Waals surface area contributed by atoms with Gasteiger partial charge in [0, 0.05) is 41.9 Å². The number of piperidine rings is 1. The van der Waals surface area contributed by atoms with Crippen LogP contribution in [0.4, 0.5) is 4.39 Å². The van der Waals surface area contributed by atoms with E-state index in [0.29, 0.717) is 24.1 Å². The summed E-state index contributed by atoms with van der Waals surface area (Å²) >= 11 is 0. The molecule has 0 radical (unpaired) electrons. The van der Waals surface area contributed by atoms with E-state index in [0.717, 1.165) is 42.4 Å². The van der Waals surface area contributed by atoms with Gasteiger partial charge in [-0.3, -0.25) is 9.36 Å². The molecule has 2 aromatic heterocycles. The number of nitrogens with zero attached hydrogens (tertiary/aromatic N) is 3. The zero-order valence-electron chi connectivity index (χ0n) is 16.4. The van der Waals surface area contributed by atoms with Gasteiger partial charge < -0.3 is 14.5 Å². The van der Waals surface area contributed by atoms with Crippen molar-refractivity contribution in [1.82, 2.24) is 14.6 Å². The highest BCUT2D eigenvalue weighted by Gasteiger charge is 2.25. The highest BCUT2D eigenvalue weighted by atomic mass is 19.1. The van der Waals surface area contributed by atoms with Gasteiger partial charge in [-0.25, -0.2) is 4.39 Å². The highest BCUT2D eigenvalue weighted by molar-refractivity contribution is 5.86. The minimum atomic E-state index is -0.327. The van der Waals surface area contributed by atoms with E-state index in [9.17, 15) is 14.3 Å². The molecule has 7 heteroatoms. The lowest BCUT2D eigenvalue weighted by Crippen LogP contribution is -2.36. The van der Waals surface area contributed by atoms with Crippen molar-refractivity contribution >= 4 is 21.7 Å². The maximum absolute atomic E-state index is 13.4. The molecule has 0 aliphatic carbocycles. The molecule has 6 nitrogen and oxygen atoms in total. The van der Waals surface area contributed by atoms with E-state index in [1.807, 2.05) is 24.3 Å². The van der Waals surface area contributed by atoms with Gasteiger partial charge in [0.2, 0.25) is 5.88 Å². The summed E-state index contributed by atoms with van der Waals surface area (Å²) in [5, 5.41) is 17.0. The van der Waals surface area contributed by atoms with Gasteiger partial charge in [-0.15, -0.1) is 0 Å². The summed E-state index contributed by atoms with van der Waals surface area (Å²) in [6, 6.07) is 13.5. The number of pyridine rings is 1. The molecular formula is C23H22FN3O3. The Kier molecular flexibility index (Phi) is 4.75. The molecule has 30 heavy (non-hydrogen) atoms. The minimum absolute atomic E-state index is 0.0225. The molecular weight excluding hydrogens is 385 g/mol. The minimum Gasteiger partial charge on any atom is -0.494 e. The zero-order valence-corrected chi connectivity index (χ0v) is 16.4. The molecule has 1 saturated heterocycles. The lowest BCUT2D eigenvalue weighted by atomic mass is 9.91. The normalized spacial score (nSPS) is 15.9. The monoisotopic (exact) mass is 407 g/mol. The van der Waals surface area contributed by atoms with Crippen molar-refractivity contribution in [3.63, 3.8) is 0 Å². The number of aromatic nitrogens is 2. The maximum atomic E-state index is 13.4. The summed E-state index contributed by atoms with van der Waals surface area (Å²) < 4.78 is 20.1. The van der Waals surface area contributed by atoms with Crippen molar-refractivity contribution in [2.45, 2.75) is 25.3 Å². The Morgan fingerprint density at radius 1 is 1.07 bits per heavy atom. The van der Waals surface area contributed by atoms with Gasteiger partial charge >= 0.3 is 0 Å². The van der Waals surface area contributed by atoms with Gasteiger partial charge in [-0.2, -0.15) is 0 Å². The molecule has 154 valence electrons. The van der Waals surface area contributed by atoms with E-state index in [-0.39, 0.29) is 23.2 Å². The number of hydrogen-bond donors (Lipinski definition) is 1. The fourth-order valence-electron chi connectivity index (χ4n) is 4.40. The third kappa shape index (κ3) is 3.35. The maximum Gasteiger partial charge on any atom is 0.253 e. The van der Waals surface area contributed by atoms with Crippen LogP contribution in [0.25, 0.3) is 21.7 Å². The molecule has 0 bridgehead atoms. The first-order valence-corrected chi connectivity index (χ1v) is 10.2. The number of fused-ring (bicyclic) bond motifs is 2. The lowest BCUT2D eigenvalue weighted by Gasteiger charge is -2.31. The van der Waals surface area contributed by atoms with Gasteiger partial charge in [-0.05, 0) is 49.5 Å². The Hall–Kier alpha value is -3.19. The second kappa shape index (κ2) is 7.57. The topological polar surface area (TPSA) is 71.5 Å². The average molecular weight is 407 g/mol. The van der Waals surface area contributed by atoms with Crippen molar-refractivity contribution < 1.29 is 14.0 Å². The van der Waals surface area contributed by atoms with Crippen LogP contribution >= 0.6 is 0 Å². The van der Waals surface area contributed by atoms with E-state index in [4.69, 9.17) is 4.52 Å². The smallest absolute Gasteiger partial charge is 0.253 e. The standard InChI is InChI=1S/C23H22FN3O3/c24-17-5-6-19-20(14-17)30-25-22(19)15-7-9-26(10-8-15)11-12-27-21(28)13-16-3-1-2-4-18(16)23(27)29/h1-6,13-15,29H,7-12H2. The van der Waals surface area contributed by atoms with E-state index in [1.165, 1.54) is 16.7 Å². The number of hydrogen-bond acceptors (Lipinski definition) is 5. The number of benzene rings is 2. The molecule has 0 spiro atoms. The average Bonchev–Trinajstić information content (AvgIpc) is 3.17. The lowest BCUT2D eigenvalue weighted by molar-refractivity contribution is 0.199. The van der Waals surface area contributed by atoms with Crippen LogP contribution in [0, 0.1) is 5.82 Å². The van der Waals surface area contributed by atoms with E-state index in [2.05, 4.69) is 10.1 Å². The molecule has 1 N–H and O–H groups in total. The quantitative estimate of drug-likeness (QED) is 0.556. The SMILES string of the molecule is O=c1cc2ccccc2c(O)n1CCN1CCC(c2noc3cc(F)ccc23)CC1. The first-order chi connectivity index (χ1) is 14.6. The molecule has 0 saturated carbocycles. The van der Waals surface area contributed by atoms with Gasteiger partial charge in [0.15, 0.2) is 5.58 Å². The summed E-state index contributed by atoms with van der Waals surface area (Å²) in [4.78, 5) is 14.7. The van der Waals surface area contributed by atoms with Crippen LogP contribution in [-0.2, 0) is 6.54 Å². The van der Waals surface area contributed by atoms with Crippen LogP contribution in [0.15, 0.2) is 57.8 Å². The fourth-order valence-corrected chi connectivity index (χ4v) is 4.40.